The molecule has 0 fully saturated rings. The summed E-state index contributed by atoms with van der Waals surface area (Å²) in [4.78, 5) is 10.7. The second-order valence-electron chi connectivity index (χ2n) is 5.81. The van der Waals surface area contributed by atoms with Crippen molar-refractivity contribution >= 4 is 29.1 Å². The number of aromatic nitrogens is 5. The number of hydrogen-bond donors (Lipinski definition) is 0. The SMILES string of the molecule is Cc1nn(Cc2nnc(SCc3ccc(Cl)cc3)n2C)c(C)c1[N+](=O)[O-]. The molecule has 0 N–H and O–H groups in total. The predicted octanol–water partition coefficient (Wildman–Crippen LogP) is 3.53. The minimum atomic E-state index is -0.405. The number of benzene rings is 1. The molecule has 0 unspecified atom stereocenters. The van der Waals surface area contributed by atoms with E-state index in [1.807, 2.05) is 35.9 Å². The standard InChI is InChI=1S/C16H17ClN6O2S/c1-10-15(23(24)25)11(2)22(20-10)8-14-18-19-16(21(14)3)26-9-12-4-6-13(17)7-5-12/h4-7H,8-9H2,1-3H3. The van der Waals surface area contributed by atoms with Crippen LogP contribution in [0.2, 0.25) is 5.02 Å². The molecule has 3 aromatic rings. The lowest BCUT2D eigenvalue weighted by Crippen LogP contribution is -2.09. The molecule has 2 heterocycles. The molecule has 0 amide bonds. The molecule has 0 atom stereocenters. The largest absolute Gasteiger partial charge is 0.312 e. The lowest BCUT2D eigenvalue weighted by Gasteiger charge is -2.05. The molecule has 2 aromatic heterocycles. The van der Waals surface area contributed by atoms with E-state index in [1.54, 1.807) is 30.3 Å². The number of aryl methyl sites for hydroxylation is 1. The predicted molar refractivity (Wildman–Crippen MR) is 99.5 cm³/mol. The minimum absolute atomic E-state index is 0.0458. The Hall–Kier alpha value is -2.39. The van der Waals surface area contributed by atoms with Gasteiger partial charge < -0.3 is 4.57 Å². The minimum Gasteiger partial charge on any atom is -0.308 e. The summed E-state index contributed by atoms with van der Waals surface area (Å²) in [6, 6.07) is 7.66. The van der Waals surface area contributed by atoms with Gasteiger partial charge in [-0.25, -0.2) is 0 Å². The number of thioether (sulfide) groups is 1. The van der Waals surface area contributed by atoms with Gasteiger partial charge >= 0.3 is 5.69 Å². The van der Waals surface area contributed by atoms with Crippen molar-refractivity contribution in [1.29, 1.82) is 0 Å². The monoisotopic (exact) mass is 392 g/mol. The second kappa shape index (κ2) is 7.46. The first-order chi connectivity index (χ1) is 12.4. The Morgan fingerprint density at radius 2 is 1.92 bits per heavy atom. The third kappa shape index (κ3) is 3.73. The van der Waals surface area contributed by atoms with Gasteiger partial charge in [-0.05, 0) is 31.5 Å². The first-order valence-corrected chi connectivity index (χ1v) is 9.17. The van der Waals surface area contributed by atoms with Crippen molar-refractivity contribution in [3.8, 4) is 0 Å². The van der Waals surface area contributed by atoms with Gasteiger partial charge in [-0.1, -0.05) is 35.5 Å². The van der Waals surface area contributed by atoms with E-state index >= 15 is 0 Å². The van der Waals surface area contributed by atoms with Crippen LogP contribution in [-0.4, -0.2) is 29.5 Å². The highest BCUT2D eigenvalue weighted by molar-refractivity contribution is 7.98. The molecule has 26 heavy (non-hydrogen) atoms. The Kier molecular flexibility index (Phi) is 5.28. The summed E-state index contributed by atoms with van der Waals surface area (Å²) >= 11 is 7.46. The van der Waals surface area contributed by atoms with Crippen molar-refractivity contribution in [3.63, 3.8) is 0 Å². The first kappa shape index (κ1) is 18.4. The van der Waals surface area contributed by atoms with Crippen LogP contribution in [0.1, 0.15) is 22.8 Å². The highest BCUT2D eigenvalue weighted by Crippen LogP contribution is 2.24. The quantitative estimate of drug-likeness (QED) is 0.362. The second-order valence-corrected chi connectivity index (χ2v) is 7.19. The molecule has 3 rings (SSSR count). The van der Waals surface area contributed by atoms with E-state index in [-0.39, 0.29) is 5.69 Å². The summed E-state index contributed by atoms with van der Waals surface area (Å²) in [7, 11) is 1.87. The van der Waals surface area contributed by atoms with Crippen LogP contribution in [0.15, 0.2) is 29.4 Å². The molecule has 8 nitrogen and oxygen atoms in total. The number of hydrogen-bond acceptors (Lipinski definition) is 6. The molecule has 0 bridgehead atoms. The first-order valence-electron chi connectivity index (χ1n) is 7.80. The summed E-state index contributed by atoms with van der Waals surface area (Å²) in [5.74, 6) is 1.43. The van der Waals surface area contributed by atoms with Crippen LogP contribution in [-0.2, 0) is 19.3 Å². The van der Waals surface area contributed by atoms with Gasteiger partial charge in [0, 0.05) is 17.8 Å². The molecule has 136 valence electrons. The van der Waals surface area contributed by atoms with Gasteiger partial charge in [-0.15, -0.1) is 10.2 Å². The fourth-order valence-corrected chi connectivity index (χ4v) is 3.59. The van der Waals surface area contributed by atoms with Crippen LogP contribution in [0.3, 0.4) is 0 Å². The van der Waals surface area contributed by atoms with Crippen molar-refractivity contribution < 1.29 is 4.92 Å². The summed E-state index contributed by atoms with van der Waals surface area (Å²) in [5, 5.41) is 25.3. The van der Waals surface area contributed by atoms with E-state index < -0.39 is 4.92 Å². The zero-order chi connectivity index (χ0) is 18.8. The highest BCUT2D eigenvalue weighted by Gasteiger charge is 2.22. The maximum atomic E-state index is 11.1. The summed E-state index contributed by atoms with van der Waals surface area (Å²) in [5.41, 5.74) is 2.08. The van der Waals surface area contributed by atoms with Gasteiger partial charge in [0.25, 0.3) is 0 Å². The van der Waals surface area contributed by atoms with Crippen molar-refractivity contribution in [2.75, 3.05) is 0 Å². The molecule has 0 radical (unpaired) electrons. The van der Waals surface area contributed by atoms with Gasteiger partial charge in [-0.3, -0.25) is 14.8 Å². The van der Waals surface area contributed by atoms with Gasteiger partial charge in [-0.2, -0.15) is 5.10 Å². The normalized spacial score (nSPS) is 11.1. The average Bonchev–Trinajstić information content (AvgIpc) is 3.07. The topological polar surface area (TPSA) is 91.7 Å². The zero-order valence-electron chi connectivity index (χ0n) is 14.5. The van der Waals surface area contributed by atoms with Crippen molar-refractivity contribution in [3.05, 3.63) is 62.2 Å². The molecular formula is C16H17ClN6O2S. The molecule has 0 aliphatic heterocycles. The molecule has 1 aromatic carbocycles. The summed E-state index contributed by atoms with van der Waals surface area (Å²) in [6.45, 7) is 3.64. The van der Waals surface area contributed by atoms with E-state index in [4.69, 9.17) is 11.6 Å². The van der Waals surface area contributed by atoms with E-state index in [0.717, 1.165) is 16.5 Å². The van der Waals surface area contributed by atoms with Crippen molar-refractivity contribution in [2.45, 2.75) is 31.3 Å². The average molecular weight is 393 g/mol. The van der Waals surface area contributed by atoms with E-state index in [9.17, 15) is 10.1 Å². The maximum absolute atomic E-state index is 11.1. The van der Waals surface area contributed by atoms with Gasteiger partial charge in [0.15, 0.2) is 11.0 Å². The van der Waals surface area contributed by atoms with Crippen molar-refractivity contribution in [2.24, 2.45) is 7.05 Å². The Morgan fingerprint density at radius 3 is 2.54 bits per heavy atom. The van der Waals surface area contributed by atoms with E-state index in [1.165, 1.54) is 0 Å². The van der Waals surface area contributed by atoms with Crippen molar-refractivity contribution in [1.82, 2.24) is 24.5 Å². The molecule has 0 saturated heterocycles. The van der Waals surface area contributed by atoms with Crippen LogP contribution in [0.5, 0.6) is 0 Å². The fraction of sp³-hybridized carbons (Fsp3) is 0.312. The number of halogens is 1. The van der Waals surface area contributed by atoms with Gasteiger partial charge in [0.2, 0.25) is 0 Å². The maximum Gasteiger partial charge on any atom is 0.312 e. The van der Waals surface area contributed by atoms with Crippen LogP contribution >= 0.6 is 23.4 Å². The lowest BCUT2D eigenvalue weighted by molar-refractivity contribution is -0.386. The third-order valence-corrected chi connectivity index (χ3v) is 5.37. The number of nitrogens with zero attached hydrogens (tertiary/aromatic N) is 6. The fourth-order valence-electron chi connectivity index (χ4n) is 2.58. The van der Waals surface area contributed by atoms with Crippen LogP contribution in [0.4, 0.5) is 5.69 Å². The molecular weight excluding hydrogens is 376 g/mol. The molecule has 0 spiro atoms. The highest BCUT2D eigenvalue weighted by atomic mass is 35.5. The van der Waals surface area contributed by atoms with Crippen LogP contribution in [0, 0.1) is 24.0 Å². The van der Waals surface area contributed by atoms with Crippen LogP contribution in [0.25, 0.3) is 0 Å². The van der Waals surface area contributed by atoms with Gasteiger partial charge in [0.1, 0.15) is 17.9 Å². The van der Waals surface area contributed by atoms with Crippen LogP contribution < -0.4 is 0 Å². The lowest BCUT2D eigenvalue weighted by atomic mass is 10.2. The summed E-state index contributed by atoms with van der Waals surface area (Å²) < 4.78 is 3.47. The summed E-state index contributed by atoms with van der Waals surface area (Å²) in [6.07, 6.45) is 0. The van der Waals surface area contributed by atoms with Gasteiger partial charge in [0.05, 0.1) is 4.92 Å². The Bertz CT molecular complexity index is 951. The Balaban J connectivity index is 1.74. The molecule has 10 heteroatoms. The Labute approximate surface area is 159 Å². The Morgan fingerprint density at radius 1 is 1.23 bits per heavy atom. The number of nitro groups is 1. The number of rotatable bonds is 6. The zero-order valence-corrected chi connectivity index (χ0v) is 16.1. The molecule has 0 aliphatic rings. The molecule has 0 saturated carbocycles. The van der Waals surface area contributed by atoms with E-state index in [2.05, 4.69) is 15.3 Å². The van der Waals surface area contributed by atoms with E-state index in [0.29, 0.717) is 28.8 Å². The smallest absolute Gasteiger partial charge is 0.308 e. The molecule has 0 aliphatic carbocycles. The third-order valence-electron chi connectivity index (χ3n) is 4.02.